The summed E-state index contributed by atoms with van der Waals surface area (Å²) in [5.74, 6) is 0. The number of aliphatic hydroxyl groups excluding tert-OH is 1. The maximum Gasteiger partial charge on any atom is 0.210 e. The van der Waals surface area contributed by atoms with E-state index in [-0.39, 0.29) is 6.10 Å². The van der Waals surface area contributed by atoms with Crippen LogP contribution in [0.15, 0.2) is 0 Å². The zero-order valence-corrected chi connectivity index (χ0v) is 2.81. The maximum atomic E-state index is 6.19. The third kappa shape index (κ3) is 0.597. The highest BCUT2D eigenvalue weighted by molar-refractivity contribution is 4.65. The molecule has 0 aromatic rings. The van der Waals surface area contributed by atoms with Crippen LogP contribution in [0.2, 0.25) is 0 Å². The highest BCUT2D eigenvalue weighted by Gasteiger charge is 2.19. The van der Waals surface area contributed by atoms with Crippen LogP contribution in [0.25, 0.3) is 0 Å². The average molecular weight is 75.1 g/mol. The van der Waals surface area contributed by atoms with Gasteiger partial charge >= 0.3 is 0 Å². The standard InChI is InChI=1S/C3H6O2/c4-1-3-2-5-3/h3-4H,1-2H2/i4D. The molecule has 1 N–H and O–H groups in total. The summed E-state index contributed by atoms with van der Waals surface area (Å²) in [6.07, 6.45) is 0.238. The van der Waals surface area contributed by atoms with Crippen LogP contribution in [0.3, 0.4) is 0 Å². The van der Waals surface area contributed by atoms with E-state index < -0.39 is 0 Å². The highest BCUT2D eigenvalue weighted by Crippen LogP contribution is 2.04. The molecule has 0 amide bonds. The van der Waals surface area contributed by atoms with E-state index in [1.165, 1.54) is 0 Å². The van der Waals surface area contributed by atoms with E-state index in [1.54, 1.807) is 0 Å². The Labute approximate surface area is 31.9 Å². The smallest absolute Gasteiger partial charge is 0.210 e. The predicted molar refractivity (Wildman–Crippen MR) is 16.8 cm³/mol. The molecule has 0 radical (unpaired) electrons. The van der Waals surface area contributed by atoms with E-state index in [1.807, 2.05) is 0 Å². The van der Waals surface area contributed by atoms with E-state index >= 15 is 0 Å². The molecule has 5 heavy (non-hydrogen) atoms. The van der Waals surface area contributed by atoms with Crippen LogP contribution in [0.4, 0.5) is 0 Å². The molecule has 0 saturated carbocycles. The molecule has 2 nitrogen and oxygen atoms in total. The lowest BCUT2D eigenvalue weighted by Crippen LogP contribution is -1.88. The second-order valence-corrected chi connectivity index (χ2v) is 1.12. The summed E-state index contributed by atoms with van der Waals surface area (Å²) in [4.78, 5) is 0. The lowest BCUT2D eigenvalue weighted by Gasteiger charge is -1.70. The molecule has 1 saturated heterocycles. The average Bonchev–Trinajstić information content (AvgIpc) is 2.21. The Bertz CT molecular complexity index is 44.1. The molecule has 0 spiro atoms. The first-order valence-corrected chi connectivity index (χ1v) is 1.63. The van der Waals surface area contributed by atoms with Gasteiger partial charge in [-0.1, -0.05) is 0 Å². The zero-order valence-electron chi connectivity index (χ0n) is 3.81. The van der Waals surface area contributed by atoms with Crippen molar-refractivity contribution in [2.24, 2.45) is 0 Å². The van der Waals surface area contributed by atoms with E-state index in [9.17, 15) is 0 Å². The van der Waals surface area contributed by atoms with Crippen molar-refractivity contribution in [3.63, 3.8) is 0 Å². The fourth-order valence-corrected chi connectivity index (χ4v) is 0.164. The number of hydrogen-bond acceptors (Lipinski definition) is 2. The molecule has 0 aromatic heterocycles. The summed E-state index contributed by atoms with van der Waals surface area (Å²) < 4.78 is 10.9. The number of aliphatic hydroxyl groups is 1. The first kappa shape index (κ1) is 2.16. The van der Waals surface area contributed by atoms with Crippen LogP contribution in [0.5, 0.6) is 0 Å². The summed E-state index contributed by atoms with van der Waals surface area (Å²) >= 11 is 0. The van der Waals surface area contributed by atoms with Crippen LogP contribution < -0.4 is 0 Å². The van der Waals surface area contributed by atoms with Gasteiger partial charge in [-0.25, -0.2) is 0 Å². The number of rotatable bonds is 2. The molecule has 1 rings (SSSR count). The fraction of sp³-hybridized carbons (Fsp3) is 1.00. The zero-order chi connectivity index (χ0) is 4.41. The van der Waals surface area contributed by atoms with Crippen molar-refractivity contribution < 1.29 is 9.85 Å². The maximum absolute atomic E-state index is 6.19. The van der Waals surface area contributed by atoms with Crippen LogP contribution in [-0.4, -0.2) is 25.9 Å². The molecule has 30 valence electrons. The van der Waals surface area contributed by atoms with Crippen LogP contribution in [-0.2, 0) is 4.74 Å². The van der Waals surface area contributed by atoms with Crippen molar-refractivity contribution >= 4 is 0 Å². The van der Waals surface area contributed by atoms with E-state index in [0.29, 0.717) is 6.61 Å². The van der Waals surface area contributed by atoms with Gasteiger partial charge in [-0.3, -0.25) is 0 Å². The molecule has 1 unspecified atom stereocenters. The summed E-state index contributed by atoms with van der Waals surface area (Å²) in [6, 6.07) is 0. The predicted octanol–water partition coefficient (Wildman–Crippen LogP) is -0.623. The van der Waals surface area contributed by atoms with E-state index in [2.05, 4.69) is 5.11 Å². The first-order valence-electron chi connectivity index (χ1n) is 2.04. The molecular weight excluding hydrogens is 68.0 g/mol. The Morgan fingerprint density at radius 2 is 3.20 bits per heavy atom. The molecular formula is C3H6O2. The van der Waals surface area contributed by atoms with Crippen LogP contribution >= 0.6 is 0 Å². The van der Waals surface area contributed by atoms with Crippen molar-refractivity contribution in [3.05, 3.63) is 0 Å². The first-order chi connectivity index (χ1) is 2.93. The van der Waals surface area contributed by atoms with Crippen molar-refractivity contribution in [2.45, 2.75) is 6.10 Å². The topological polar surface area (TPSA) is 32.8 Å². The van der Waals surface area contributed by atoms with Crippen molar-refractivity contribution in [1.29, 1.82) is 1.43 Å². The van der Waals surface area contributed by atoms with Gasteiger partial charge in [0, 0.05) is 0 Å². The van der Waals surface area contributed by atoms with Gasteiger partial charge in [0.1, 0.15) is 6.10 Å². The minimum Gasteiger partial charge on any atom is -0.394 e. The van der Waals surface area contributed by atoms with Gasteiger partial charge in [-0.05, 0) is 0 Å². The highest BCUT2D eigenvalue weighted by atomic mass is 16.6. The number of ether oxygens (including phenoxy) is 1. The molecule has 1 atom stereocenters. The van der Waals surface area contributed by atoms with Gasteiger partial charge in [0.05, 0.1) is 13.2 Å². The monoisotopic (exact) mass is 75.0 g/mol. The Hall–Kier alpha value is -0.0800. The van der Waals surface area contributed by atoms with Crippen LogP contribution in [0.1, 0.15) is 0 Å². The van der Waals surface area contributed by atoms with Crippen molar-refractivity contribution in [3.8, 4) is 0 Å². The molecule has 0 aromatic carbocycles. The van der Waals surface area contributed by atoms with Crippen molar-refractivity contribution in [1.82, 2.24) is 0 Å². The van der Waals surface area contributed by atoms with Gasteiger partial charge < -0.3 is 9.85 Å². The second-order valence-electron chi connectivity index (χ2n) is 1.12. The second kappa shape index (κ2) is 0.954. The van der Waals surface area contributed by atoms with E-state index in [0.717, 1.165) is 6.61 Å². The third-order valence-electron chi connectivity index (χ3n) is 0.588. The lowest BCUT2D eigenvalue weighted by atomic mass is 10.5. The van der Waals surface area contributed by atoms with Crippen LogP contribution in [0, 0.1) is 0 Å². The van der Waals surface area contributed by atoms with E-state index in [4.69, 9.17) is 6.17 Å². The Morgan fingerprint density at radius 3 is 3.40 bits per heavy atom. The minimum absolute atomic E-state index is 0.238. The summed E-state index contributed by atoms with van der Waals surface area (Å²) in [5.41, 5.74) is 0. The number of epoxide rings is 1. The normalized spacial score (nSPS) is 36.8. The Kier molecular flexibility index (Phi) is 0.411. The Balaban J connectivity index is 1.88. The SMILES string of the molecule is [2H]OCC1CO1. The van der Waals surface area contributed by atoms with Gasteiger partial charge in [0.15, 0.2) is 0 Å². The lowest BCUT2D eigenvalue weighted by molar-refractivity contribution is 0.244. The van der Waals surface area contributed by atoms with Gasteiger partial charge in [0.25, 0.3) is 0 Å². The molecule has 1 fully saturated rings. The molecule has 0 bridgehead atoms. The molecule has 0 aliphatic carbocycles. The quantitative estimate of drug-likeness (QED) is 0.443. The summed E-state index contributed by atoms with van der Waals surface area (Å²) in [6.45, 7) is 1.21. The van der Waals surface area contributed by atoms with Gasteiger partial charge in [-0.2, -0.15) is 0 Å². The number of hydrogen-bond donors (Lipinski definition) is 1. The van der Waals surface area contributed by atoms with Gasteiger partial charge in [-0.15, -0.1) is 0 Å². The Morgan fingerprint density at radius 1 is 2.40 bits per heavy atom. The summed E-state index contributed by atoms with van der Waals surface area (Å²) in [7, 11) is 0. The molecule has 1 aliphatic heterocycles. The third-order valence-corrected chi connectivity index (χ3v) is 0.588. The molecule has 1 aliphatic rings. The minimum atomic E-state index is 0.238. The van der Waals surface area contributed by atoms with Gasteiger partial charge in [0.2, 0.25) is 1.43 Å². The largest absolute Gasteiger partial charge is 0.394 e. The van der Waals surface area contributed by atoms with Crippen molar-refractivity contribution in [2.75, 3.05) is 13.2 Å². The fourth-order valence-electron chi connectivity index (χ4n) is 0.164. The molecule has 2 heteroatoms. The molecule has 1 heterocycles. The summed E-state index contributed by atoms with van der Waals surface area (Å²) in [5, 5.41) is 3.99.